The number of hydrogen-bond donors (Lipinski definition) is 1. The molecule has 0 aromatic heterocycles. The lowest BCUT2D eigenvalue weighted by Gasteiger charge is -2.24. The first kappa shape index (κ1) is 15.7. The second kappa shape index (κ2) is 5.77. The minimum absolute atomic E-state index is 0.119. The van der Waals surface area contributed by atoms with E-state index in [2.05, 4.69) is 50.4 Å². The van der Waals surface area contributed by atoms with Gasteiger partial charge in [-0.1, -0.05) is 70.1 Å². The second-order valence-electron chi connectivity index (χ2n) is 7.69. The molecule has 1 saturated carbocycles. The lowest BCUT2D eigenvalue weighted by molar-refractivity contribution is 0.360. The summed E-state index contributed by atoms with van der Waals surface area (Å²) >= 11 is 5.58. The molecule has 1 spiro atoms. The number of nitrogens with zero attached hydrogens (tertiary/aromatic N) is 1. The van der Waals surface area contributed by atoms with E-state index >= 15 is 0 Å². The fourth-order valence-electron chi connectivity index (χ4n) is 3.44. The van der Waals surface area contributed by atoms with E-state index in [0.29, 0.717) is 0 Å². The van der Waals surface area contributed by atoms with Crippen LogP contribution in [0.5, 0.6) is 0 Å². The summed E-state index contributed by atoms with van der Waals surface area (Å²) in [5.41, 5.74) is 3.53. The third kappa shape index (κ3) is 3.10. The van der Waals surface area contributed by atoms with Crippen molar-refractivity contribution in [3.05, 3.63) is 35.4 Å². The predicted octanol–water partition coefficient (Wildman–Crippen LogP) is 4.75. The van der Waals surface area contributed by atoms with Crippen molar-refractivity contribution in [2.45, 2.75) is 70.4 Å². The summed E-state index contributed by atoms with van der Waals surface area (Å²) in [5.74, 6) is 0. The maximum absolute atomic E-state index is 5.58. The summed E-state index contributed by atoms with van der Waals surface area (Å²) in [6.07, 6.45) is 7.35. The third-order valence-corrected chi connectivity index (χ3v) is 5.14. The minimum atomic E-state index is -0.119. The van der Waals surface area contributed by atoms with E-state index < -0.39 is 0 Å². The van der Waals surface area contributed by atoms with Gasteiger partial charge in [-0.15, -0.1) is 0 Å². The van der Waals surface area contributed by atoms with Gasteiger partial charge in [0.15, 0.2) is 0 Å². The van der Waals surface area contributed by atoms with Crippen LogP contribution in [0.1, 0.15) is 70.4 Å². The normalized spacial score (nSPS) is 21.4. The summed E-state index contributed by atoms with van der Waals surface area (Å²) in [6, 6.07) is 8.75. The van der Waals surface area contributed by atoms with E-state index in [0.717, 1.165) is 29.1 Å². The van der Waals surface area contributed by atoms with Crippen LogP contribution < -0.4 is 5.32 Å². The first-order valence-electron chi connectivity index (χ1n) is 8.43. The molecule has 1 fully saturated rings. The molecule has 1 aromatic rings. The van der Waals surface area contributed by atoms with Crippen LogP contribution in [-0.2, 0) is 5.41 Å². The summed E-state index contributed by atoms with van der Waals surface area (Å²) in [6.45, 7) is 6.71. The van der Waals surface area contributed by atoms with Crippen LogP contribution in [0.4, 0.5) is 0 Å². The van der Waals surface area contributed by atoms with Gasteiger partial charge >= 0.3 is 0 Å². The molecular formula is C19H26N2S. The summed E-state index contributed by atoms with van der Waals surface area (Å²) in [4.78, 5) is 5.87. The fourth-order valence-corrected chi connectivity index (χ4v) is 3.79. The van der Waals surface area contributed by atoms with Crippen LogP contribution >= 0.6 is 12.2 Å². The number of aliphatic imine (C=N–C) groups is 1. The molecule has 1 aromatic carbocycles. The predicted molar refractivity (Wildman–Crippen MR) is 97.8 cm³/mol. The SMILES string of the molecule is CC(C)(C)c1ccc(C2=NC3(CCCCCC3)NC2=S)cc1. The fraction of sp³-hybridized carbons (Fsp3) is 0.579. The van der Waals surface area contributed by atoms with Gasteiger partial charge in [-0.3, -0.25) is 4.99 Å². The second-order valence-corrected chi connectivity index (χ2v) is 8.10. The van der Waals surface area contributed by atoms with Gasteiger partial charge in [-0.2, -0.15) is 0 Å². The Morgan fingerprint density at radius 3 is 2.14 bits per heavy atom. The Kier molecular flexibility index (Phi) is 4.11. The van der Waals surface area contributed by atoms with Crippen LogP contribution in [0.25, 0.3) is 0 Å². The molecule has 1 aliphatic carbocycles. The van der Waals surface area contributed by atoms with Crippen LogP contribution in [0.2, 0.25) is 0 Å². The minimum Gasteiger partial charge on any atom is -0.351 e. The Morgan fingerprint density at radius 1 is 1.00 bits per heavy atom. The van der Waals surface area contributed by atoms with Crippen molar-refractivity contribution < 1.29 is 0 Å². The van der Waals surface area contributed by atoms with E-state index in [1.807, 2.05) is 0 Å². The van der Waals surface area contributed by atoms with Crippen LogP contribution in [0.15, 0.2) is 29.3 Å². The molecule has 118 valence electrons. The monoisotopic (exact) mass is 314 g/mol. The van der Waals surface area contributed by atoms with Crippen molar-refractivity contribution >= 4 is 22.9 Å². The Hall–Kier alpha value is -1.22. The number of hydrogen-bond acceptors (Lipinski definition) is 2. The molecule has 0 atom stereocenters. The summed E-state index contributed by atoms with van der Waals surface area (Å²) in [7, 11) is 0. The number of benzene rings is 1. The molecule has 1 aliphatic heterocycles. The zero-order valence-corrected chi connectivity index (χ0v) is 14.7. The van der Waals surface area contributed by atoms with Crippen molar-refractivity contribution in [3.8, 4) is 0 Å². The van der Waals surface area contributed by atoms with Crippen molar-refractivity contribution in [2.75, 3.05) is 0 Å². The molecule has 0 amide bonds. The van der Waals surface area contributed by atoms with E-state index in [9.17, 15) is 0 Å². The number of rotatable bonds is 1. The lowest BCUT2D eigenvalue weighted by Crippen LogP contribution is -2.41. The first-order valence-corrected chi connectivity index (χ1v) is 8.84. The quantitative estimate of drug-likeness (QED) is 0.756. The van der Waals surface area contributed by atoms with Gasteiger partial charge in [0.2, 0.25) is 0 Å². The largest absolute Gasteiger partial charge is 0.351 e. The van der Waals surface area contributed by atoms with Crippen LogP contribution in [-0.4, -0.2) is 16.4 Å². The van der Waals surface area contributed by atoms with Crippen molar-refractivity contribution in [1.82, 2.24) is 5.32 Å². The molecule has 22 heavy (non-hydrogen) atoms. The van der Waals surface area contributed by atoms with Crippen molar-refractivity contribution in [2.24, 2.45) is 4.99 Å². The highest BCUT2D eigenvalue weighted by molar-refractivity contribution is 7.82. The standard InChI is InChI=1S/C19H26N2S/c1-18(2,3)15-10-8-14(9-11-15)16-17(22)21-19(20-16)12-6-4-5-7-13-19/h8-11H,4-7,12-13H2,1-3H3,(H,21,22). The average Bonchev–Trinajstić information content (AvgIpc) is 2.64. The van der Waals surface area contributed by atoms with Crippen LogP contribution in [0.3, 0.4) is 0 Å². The molecular weight excluding hydrogens is 288 g/mol. The lowest BCUT2D eigenvalue weighted by atomic mass is 9.86. The molecule has 0 radical (unpaired) electrons. The summed E-state index contributed by atoms with van der Waals surface area (Å²) < 4.78 is 0. The van der Waals surface area contributed by atoms with Crippen LogP contribution in [0, 0.1) is 0 Å². The van der Waals surface area contributed by atoms with Gasteiger partial charge < -0.3 is 5.32 Å². The highest BCUT2D eigenvalue weighted by atomic mass is 32.1. The maximum atomic E-state index is 5.58. The van der Waals surface area contributed by atoms with E-state index in [4.69, 9.17) is 17.2 Å². The van der Waals surface area contributed by atoms with Crippen molar-refractivity contribution in [3.63, 3.8) is 0 Å². The van der Waals surface area contributed by atoms with E-state index in [1.54, 1.807) is 0 Å². The van der Waals surface area contributed by atoms with Gasteiger partial charge in [0.05, 0.1) is 0 Å². The zero-order valence-electron chi connectivity index (χ0n) is 13.9. The smallest absolute Gasteiger partial charge is 0.131 e. The average molecular weight is 314 g/mol. The highest BCUT2D eigenvalue weighted by Crippen LogP contribution is 2.32. The van der Waals surface area contributed by atoms with Gasteiger partial charge in [-0.25, -0.2) is 0 Å². The molecule has 2 nitrogen and oxygen atoms in total. The Labute approximate surface area is 139 Å². The molecule has 2 aliphatic rings. The molecule has 0 unspecified atom stereocenters. The highest BCUT2D eigenvalue weighted by Gasteiger charge is 2.37. The van der Waals surface area contributed by atoms with Gasteiger partial charge in [0.1, 0.15) is 16.4 Å². The van der Waals surface area contributed by atoms with E-state index in [1.165, 1.54) is 31.2 Å². The topological polar surface area (TPSA) is 24.4 Å². The van der Waals surface area contributed by atoms with E-state index in [-0.39, 0.29) is 11.1 Å². The molecule has 1 heterocycles. The molecule has 3 rings (SSSR count). The Morgan fingerprint density at radius 2 is 1.59 bits per heavy atom. The van der Waals surface area contributed by atoms with Gasteiger partial charge in [0.25, 0.3) is 0 Å². The molecule has 1 N–H and O–H groups in total. The first-order chi connectivity index (χ1) is 10.4. The zero-order chi connectivity index (χ0) is 15.8. The number of nitrogens with one attached hydrogen (secondary N) is 1. The molecule has 3 heteroatoms. The molecule has 0 saturated heterocycles. The van der Waals surface area contributed by atoms with Crippen molar-refractivity contribution in [1.29, 1.82) is 0 Å². The third-order valence-electron chi connectivity index (χ3n) is 4.84. The Bertz CT molecular complexity index is 585. The molecule has 0 bridgehead atoms. The van der Waals surface area contributed by atoms with Gasteiger partial charge in [-0.05, 0) is 36.7 Å². The number of thiocarbonyl (C=S) groups is 1. The Balaban J connectivity index is 1.88. The summed E-state index contributed by atoms with van der Waals surface area (Å²) in [5, 5.41) is 3.53. The van der Waals surface area contributed by atoms with Gasteiger partial charge in [0, 0.05) is 5.56 Å². The maximum Gasteiger partial charge on any atom is 0.131 e.